The highest BCUT2D eigenvalue weighted by atomic mass is 32.1. The van der Waals surface area contributed by atoms with Crippen LogP contribution in [-0.2, 0) is 52.8 Å². The van der Waals surface area contributed by atoms with Gasteiger partial charge in [0.1, 0.15) is 42.3 Å². The van der Waals surface area contributed by atoms with E-state index in [9.17, 15) is 33.6 Å². The minimum absolute atomic E-state index is 0.00794. The van der Waals surface area contributed by atoms with E-state index in [-0.39, 0.29) is 56.1 Å². The fourth-order valence-electron chi connectivity index (χ4n) is 6.81. The molecule has 0 unspecified atom stereocenters. The number of hydrogen-bond acceptors (Lipinski definition) is 11. The van der Waals surface area contributed by atoms with Crippen LogP contribution in [0.3, 0.4) is 0 Å². The molecule has 63 heavy (non-hydrogen) atoms. The molecular formula is C41H53N13O7S2. The number of nitrogens with two attached hydrogens (primary N) is 2. The number of carbonyl (C=O) groups excluding carboxylic acids is 7. The number of guanidine groups is 1. The van der Waals surface area contributed by atoms with Gasteiger partial charge in [-0.25, -0.2) is 4.98 Å². The number of aromatic amines is 2. The van der Waals surface area contributed by atoms with Gasteiger partial charge in [0.05, 0.1) is 6.33 Å². The number of amides is 7. The predicted octanol–water partition coefficient (Wildman–Crippen LogP) is -1.74. The van der Waals surface area contributed by atoms with Gasteiger partial charge >= 0.3 is 0 Å². The van der Waals surface area contributed by atoms with Crippen molar-refractivity contribution >= 4 is 83.5 Å². The van der Waals surface area contributed by atoms with E-state index >= 15 is 0 Å². The highest BCUT2D eigenvalue weighted by Crippen LogP contribution is 2.20. The van der Waals surface area contributed by atoms with Gasteiger partial charge in [0.25, 0.3) is 0 Å². The monoisotopic (exact) mass is 903 g/mol. The molecule has 7 atom stereocenters. The summed E-state index contributed by atoms with van der Waals surface area (Å²) in [5, 5.41) is 19.5. The Labute approximate surface area is 373 Å². The van der Waals surface area contributed by atoms with Crippen LogP contribution in [0.25, 0.3) is 10.9 Å². The summed E-state index contributed by atoms with van der Waals surface area (Å²) in [4.78, 5) is 112. The van der Waals surface area contributed by atoms with Gasteiger partial charge in [0.2, 0.25) is 41.4 Å². The lowest BCUT2D eigenvalue weighted by atomic mass is 10.0. The number of hydrogen-bond donors (Lipinski definition) is 13. The number of nitrogens with zero attached hydrogens (tertiary/aromatic N) is 2. The first-order valence-corrected chi connectivity index (χ1v) is 21.5. The SMILES string of the molecule is C[C@H]1NC(=O)[C@H](CS)NC(=O)[C@H](CS)NC(=O)[C@H](Cc2c[nH]c3ccccc23)NC(=O)[C@H](CCCN=C(N)N)NC(=O)[C@@H](Cc2ccccc2)NC(=O)[C@H](Cc2cnc[nH]2)NC1=O. The lowest BCUT2D eigenvalue weighted by molar-refractivity contribution is -0.135. The smallest absolute Gasteiger partial charge is 0.244 e. The molecular weight excluding hydrogens is 851 g/mol. The quantitative estimate of drug-likeness (QED) is 0.0330. The summed E-state index contributed by atoms with van der Waals surface area (Å²) in [5.74, 6) is -5.97. The molecule has 0 bridgehead atoms. The highest BCUT2D eigenvalue weighted by molar-refractivity contribution is 7.80. The second kappa shape index (κ2) is 23.1. The Hall–Kier alpha value is -6.55. The molecule has 2 aromatic carbocycles. The second-order valence-electron chi connectivity index (χ2n) is 14.9. The van der Waals surface area contributed by atoms with Gasteiger partial charge in [-0.1, -0.05) is 48.5 Å². The van der Waals surface area contributed by atoms with Crippen LogP contribution < -0.4 is 48.7 Å². The maximum absolute atomic E-state index is 14.4. The Bertz CT molecular complexity index is 2250. The fourth-order valence-corrected chi connectivity index (χ4v) is 7.33. The number of H-pyrrole nitrogens is 2. The highest BCUT2D eigenvalue weighted by Gasteiger charge is 2.35. The molecule has 0 saturated carbocycles. The Kier molecular flexibility index (Phi) is 17.4. The largest absolute Gasteiger partial charge is 0.370 e. The van der Waals surface area contributed by atoms with Crippen molar-refractivity contribution in [2.75, 3.05) is 18.1 Å². The number of fused-ring (bicyclic) bond motifs is 1. The third kappa shape index (κ3) is 13.7. The summed E-state index contributed by atoms with van der Waals surface area (Å²) in [6.07, 6.45) is 4.60. The second-order valence-corrected chi connectivity index (χ2v) is 15.7. The lowest BCUT2D eigenvalue weighted by Crippen LogP contribution is -2.60. The topological polar surface area (TPSA) is 313 Å². The average molecular weight is 904 g/mol. The lowest BCUT2D eigenvalue weighted by Gasteiger charge is -2.27. The van der Waals surface area contributed by atoms with Crippen LogP contribution in [0.2, 0.25) is 0 Å². The number of benzene rings is 2. The molecule has 4 aromatic rings. The van der Waals surface area contributed by atoms with E-state index in [1.807, 2.05) is 24.3 Å². The third-order valence-electron chi connectivity index (χ3n) is 10.2. The number of aliphatic imine (C=N–C) groups is 1. The fraction of sp³-hybridized carbons (Fsp3) is 0.390. The maximum atomic E-state index is 14.4. The number of para-hydroxylation sites is 1. The van der Waals surface area contributed by atoms with E-state index in [1.54, 1.807) is 36.5 Å². The van der Waals surface area contributed by atoms with Gasteiger partial charge in [-0.3, -0.25) is 38.6 Å². The number of thiol groups is 2. The van der Waals surface area contributed by atoms with Crippen molar-refractivity contribution in [1.29, 1.82) is 0 Å². The number of imidazole rings is 1. The van der Waals surface area contributed by atoms with Crippen molar-refractivity contribution in [1.82, 2.24) is 52.2 Å². The van der Waals surface area contributed by atoms with E-state index in [0.29, 0.717) is 16.8 Å². The third-order valence-corrected chi connectivity index (χ3v) is 11.0. The molecule has 7 amide bonds. The Morgan fingerprint density at radius 3 is 1.76 bits per heavy atom. The van der Waals surface area contributed by atoms with Crippen LogP contribution in [-0.4, -0.2) is 123 Å². The van der Waals surface area contributed by atoms with Crippen molar-refractivity contribution in [3.8, 4) is 0 Å². The van der Waals surface area contributed by atoms with Crippen LogP contribution >= 0.6 is 25.3 Å². The molecule has 2 aromatic heterocycles. The van der Waals surface area contributed by atoms with Crippen LogP contribution in [0, 0.1) is 0 Å². The van der Waals surface area contributed by atoms with E-state index in [1.165, 1.54) is 19.4 Å². The van der Waals surface area contributed by atoms with Crippen LogP contribution in [0.4, 0.5) is 0 Å². The van der Waals surface area contributed by atoms with Crippen molar-refractivity contribution in [2.45, 2.75) is 81.3 Å². The van der Waals surface area contributed by atoms with Gasteiger partial charge in [-0.2, -0.15) is 25.3 Å². The Balaban J connectivity index is 1.55. The van der Waals surface area contributed by atoms with Gasteiger partial charge in [-0.05, 0) is 37.0 Å². The van der Waals surface area contributed by atoms with E-state index in [0.717, 1.165) is 10.9 Å². The zero-order valence-corrected chi connectivity index (χ0v) is 36.2. The molecule has 0 aliphatic carbocycles. The van der Waals surface area contributed by atoms with Gasteiger partial charge in [0, 0.05) is 66.3 Å². The summed E-state index contributed by atoms with van der Waals surface area (Å²) >= 11 is 8.54. The van der Waals surface area contributed by atoms with Gasteiger partial charge < -0.3 is 58.7 Å². The van der Waals surface area contributed by atoms with Crippen LogP contribution in [0.5, 0.6) is 0 Å². The molecule has 5 rings (SSSR count). The number of rotatable bonds is 12. The number of aromatic nitrogens is 3. The molecule has 1 fully saturated rings. The standard InChI is InChI=1S/C41H53N13O7S2/c1-22-34(55)50-31(16-25-18-44-21-47-25)38(59)51-29(14-23-8-3-2-4-9-23)36(57)49-28(12-7-13-45-41(42)43)35(56)52-30(15-24-17-46-27-11-6-5-10-26(24)27)37(58)53-33(20-63)40(61)54-32(19-62)39(60)48-22/h2-6,8-11,17-18,21-22,28-33,46,62-63H,7,12-16,19-20H2,1H3,(H,44,47)(H,48,60)(H,49,57)(H,50,55)(H,51,59)(H,52,56)(H,53,58)(H,54,61)(H4,42,43,45)/t22-,28+,29-,30+,31+,32+,33+/m1/s1. The zero-order chi connectivity index (χ0) is 45.5. The zero-order valence-electron chi connectivity index (χ0n) is 34.4. The Morgan fingerprint density at radius 2 is 1.14 bits per heavy atom. The van der Waals surface area contributed by atoms with Crippen molar-refractivity contribution in [2.24, 2.45) is 16.5 Å². The molecule has 1 saturated heterocycles. The molecule has 336 valence electrons. The molecule has 13 N–H and O–H groups in total. The van der Waals surface area contributed by atoms with E-state index in [4.69, 9.17) is 11.5 Å². The first-order valence-electron chi connectivity index (χ1n) is 20.2. The van der Waals surface area contributed by atoms with E-state index < -0.39 is 83.6 Å². The summed E-state index contributed by atoms with van der Waals surface area (Å²) in [5.41, 5.74) is 13.7. The number of nitrogens with one attached hydrogen (secondary N) is 9. The van der Waals surface area contributed by atoms with Crippen molar-refractivity contribution in [3.05, 3.63) is 90.1 Å². The van der Waals surface area contributed by atoms with Gasteiger partial charge in [-0.15, -0.1) is 0 Å². The molecule has 0 spiro atoms. The van der Waals surface area contributed by atoms with Crippen molar-refractivity contribution < 1.29 is 33.6 Å². The van der Waals surface area contributed by atoms with Crippen molar-refractivity contribution in [3.63, 3.8) is 0 Å². The molecule has 20 nitrogen and oxygen atoms in total. The molecule has 0 radical (unpaired) electrons. The van der Waals surface area contributed by atoms with Crippen LogP contribution in [0.15, 0.2) is 78.3 Å². The summed E-state index contributed by atoms with van der Waals surface area (Å²) < 4.78 is 0. The number of carbonyl (C=O) groups is 7. The summed E-state index contributed by atoms with van der Waals surface area (Å²) in [6, 6.07) is 7.18. The maximum Gasteiger partial charge on any atom is 0.244 e. The molecule has 1 aliphatic heterocycles. The van der Waals surface area contributed by atoms with E-state index in [2.05, 4.69) is 82.4 Å². The van der Waals surface area contributed by atoms with Crippen LogP contribution in [0.1, 0.15) is 36.6 Å². The predicted molar refractivity (Wildman–Crippen MR) is 241 cm³/mol. The molecule has 3 heterocycles. The summed E-state index contributed by atoms with van der Waals surface area (Å²) in [6.45, 7) is 1.49. The molecule has 1 aliphatic rings. The van der Waals surface area contributed by atoms with Gasteiger partial charge in [0.15, 0.2) is 5.96 Å². The molecule has 22 heteroatoms. The normalized spacial score (nSPS) is 23.5. The average Bonchev–Trinajstić information content (AvgIpc) is 3.94. The first kappa shape index (κ1) is 47.5. The first-order chi connectivity index (χ1) is 30.3. The Morgan fingerprint density at radius 1 is 0.619 bits per heavy atom. The summed E-state index contributed by atoms with van der Waals surface area (Å²) in [7, 11) is 0. The minimum atomic E-state index is -1.32. The minimum Gasteiger partial charge on any atom is -0.370 e.